The van der Waals surface area contributed by atoms with E-state index in [-0.39, 0.29) is 29.8 Å². The first-order valence-electron chi connectivity index (χ1n) is 11.4. The molecule has 1 amide bonds. The molecule has 10 heteroatoms. The highest BCUT2D eigenvalue weighted by Gasteiger charge is 2.23. The van der Waals surface area contributed by atoms with E-state index in [0.717, 1.165) is 21.5 Å². The van der Waals surface area contributed by atoms with Crippen molar-refractivity contribution in [1.29, 1.82) is 0 Å². The highest BCUT2D eigenvalue weighted by atomic mass is 19.1. The third-order valence-corrected chi connectivity index (χ3v) is 6.34. The number of aryl methyl sites for hydroxylation is 1. The van der Waals surface area contributed by atoms with Gasteiger partial charge >= 0.3 is 5.69 Å². The zero-order chi connectivity index (χ0) is 24.5. The minimum Gasteiger partial charge on any atom is -0.436 e. The van der Waals surface area contributed by atoms with Crippen LogP contribution in [0.4, 0.5) is 10.1 Å². The van der Waals surface area contributed by atoms with Gasteiger partial charge in [-0.25, -0.2) is 23.3 Å². The number of ether oxygens (including phenoxy) is 1. The molecule has 1 saturated heterocycles. The number of amides is 1. The number of benzene rings is 2. The summed E-state index contributed by atoms with van der Waals surface area (Å²) in [7, 11) is 0. The molecular weight excluding hydrogens is 451 g/mol. The largest absolute Gasteiger partial charge is 0.436 e. The van der Waals surface area contributed by atoms with Gasteiger partial charge in [0, 0.05) is 44.3 Å². The molecule has 9 nitrogen and oxygen atoms in total. The number of carbonyl (C=O) groups excluding carboxylic acids is 1. The van der Waals surface area contributed by atoms with Gasteiger partial charge in [-0.3, -0.25) is 4.79 Å². The number of hydrogen-bond acceptors (Lipinski definition) is 6. The van der Waals surface area contributed by atoms with Crippen molar-refractivity contribution in [2.45, 2.75) is 20.4 Å². The molecule has 0 bridgehead atoms. The number of aromatic nitrogens is 4. The first kappa shape index (κ1) is 22.6. The molecule has 0 N–H and O–H groups in total. The molecular formula is C25H25FN6O3. The monoisotopic (exact) mass is 476 g/mol. The van der Waals surface area contributed by atoms with Crippen LogP contribution in [-0.4, -0.2) is 56.2 Å². The van der Waals surface area contributed by atoms with Crippen molar-refractivity contribution >= 4 is 17.2 Å². The molecule has 35 heavy (non-hydrogen) atoms. The highest BCUT2D eigenvalue weighted by molar-refractivity contribution is 5.76. The van der Waals surface area contributed by atoms with Gasteiger partial charge in [-0.2, -0.15) is 0 Å². The van der Waals surface area contributed by atoms with Crippen molar-refractivity contribution in [2.24, 2.45) is 0 Å². The summed E-state index contributed by atoms with van der Waals surface area (Å²) in [6.45, 7) is 6.00. The van der Waals surface area contributed by atoms with E-state index in [9.17, 15) is 14.0 Å². The minimum atomic E-state index is -0.438. The Hall–Kier alpha value is -4.21. The van der Waals surface area contributed by atoms with Gasteiger partial charge in [-0.15, -0.1) is 5.10 Å². The molecule has 5 rings (SSSR count). The zero-order valence-corrected chi connectivity index (χ0v) is 19.5. The molecule has 2 aromatic carbocycles. The van der Waals surface area contributed by atoms with Gasteiger partial charge in [-0.05, 0) is 55.3 Å². The molecule has 0 spiro atoms. The van der Waals surface area contributed by atoms with Gasteiger partial charge in [0.05, 0.1) is 0 Å². The van der Waals surface area contributed by atoms with E-state index >= 15 is 0 Å². The fourth-order valence-corrected chi connectivity index (χ4v) is 4.13. The quantitative estimate of drug-likeness (QED) is 0.441. The average molecular weight is 477 g/mol. The summed E-state index contributed by atoms with van der Waals surface area (Å²) in [4.78, 5) is 33.9. The summed E-state index contributed by atoms with van der Waals surface area (Å²) in [5.41, 5.74) is 2.76. The predicted molar refractivity (Wildman–Crippen MR) is 128 cm³/mol. The van der Waals surface area contributed by atoms with Crippen LogP contribution >= 0.6 is 0 Å². The van der Waals surface area contributed by atoms with E-state index in [2.05, 4.69) is 15.0 Å². The Morgan fingerprint density at radius 3 is 2.54 bits per heavy atom. The Kier molecular flexibility index (Phi) is 5.94. The number of hydrogen-bond donors (Lipinski definition) is 0. The lowest BCUT2D eigenvalue weighted by molar-refractivity contribution is -0.132. The smallest absolute Gasteiger partial charge is 0.351 e. The van der Waals surface area contributed by atoms with Gasteiger partial charge in [0.25, 0.3) is 5.88 Å². The maximum atomic E-state index is 13.2. The highest BCUT2D eigenvalue weighted by Crippen LogP contribution is 2.27. The second-order valence-corrected chi connectivity index (χ2v) is 8.51. The number of piperazine rings is 1. The first-order valence-corrected chi connectivity index (χ1v) is 11.4. The maximum absolute atomic E-state index is 13.2. The Balaban J connectivity index is 1.31. The third-order valence-electron chi connectivity index (χ3n) is 6.34. The van der Waals surface area contributed by atoms with Crippen LogP contribution in [0.25, 0.3) is 5.65 Å². The van der Waals surface area contributed by atoms with Crippen LogP contribution in [0, 0.1) is 19.7 Å². The summed E-state index contributed by atoms with van der Waals surface area (Å²) in [6.07, 6.45) is 2.97. The van der Waals surface area contributed by atoms with E-state index in [0.29, 0.717) is 31.9 Å². The lowest BCUT2D eigenvalue weighted by atomic mass is 10.1. The molecule has 0 aliphatic carbocycles. The molecule has 0 atom stereocenters. The second kappa shape index (κ2) is 9.21. The zero-order valence-electron chi connectivity index (χ0n) is 19.5. The number of fused-ring (bicyclic) bond motifs is 1. The number of carbonyl (C=O) groups is 1. The van der Waals surface area contributed by atoms with Crippen LogP contribution in [0.1, 0.15) is 11.1 Å². The topological polar surface area (TPSA) is 85.0 Å². The molecule has 3 heterocycles. The third kappa shape index (κ3) is 4.46. The van der Waals surface area contributed by atoms with Crippen molar-refractivity contribution in [2.75, 3.05) is 31.1 Å². The number of nitrogens with zero attached hydrogens (tertiary/aromatic N) is 6. The van der Waals surface area contributed by atoms with Gasteiger partial charge in [0.15, 0.2) is 0 Å². The summed E-state index contributed by atoms with van der Waals surface area (Å²) < 4.78 is 21.6. The minimum absolute atomic E-state index is 0.181. The first-order chi connectivity index (χ1) is 16.9. The van der Waals surface area contributed by atoms with Crippen LogP contribution in [0.5, 0.6) is 11.6 Å². The lowest BCUT2D eigenvalue weighted by Gasteiger charge is -2.36. The lowest BCUT2D eigenvalue weighted by Crippen LogP contribution is -2.50. The Morgan fingerprint density at radius 1 is 1.06 bits per heavy atom. The van der Waals surface area contributed by atoms with Crippen molar-refractivity contribution in [3.63, 3.8) is 0 Å². The molecule has 1 aliphatic heterocycles. The van der Waals surface area contributed by atoms with Crippen LogP contribution in [0.3, 0.4) is 0 Å². The van der Waals surface area contributed by atoms with Gasteiger partial charge in [0.1, 0.15) is 18.1 Å². The SMILES string of the molecule is Cc1cccc(Oc2nccn3c(=O)n(CC(=O)N4CCN(c5ccc(F)cc5)CC4)nc23)c1C. The van der Waals surface area contributed by atoms with E-state index < -0.39 is 5.69 Å². The molecule has 180 valence electrons. The molecule has 0 radical (unpaired) electrons. The number of halogens is 1. The van der Waals surface area contributed by atoms with Crippen LogP contribution in [-0.2, 0) is 11.3 Å². The van der Waals surface area contributed by atoms with E-state index in [1.165, 1.54) is 28.9 Å². The predicted octanol–water partition coefficient (Wildman–Crippen LogP) is 2.79. The van der Waals surface area contributed by atoms with Crippen LogP contribution in [0.15, 0.2) is 59.7 Å². The van der Waals surface area contributed by atoms with Crippen molar-refractivity contribution in [1.82, 2.24) is 24.1 Å². The molecule has 2 aromatic heterocycles. The maximum Gasteiger partial charge on any atom is 0.351 e. The Bertz CT molecular complexity index is 1440. The van der Waals surface area contributed by atoms with Crippen LogP contribution in [0.2, 0.25) is 0 Å². The summed E-state index contributed by atoms with van der Waals surface area (Å²) in [5, 5.41) is 4.35. The van der Waals surface area contributed by atoms with Gasteiger partial charge in [0.2, 0.25) is 11.6 Å². The van der Waals surface area contributed by atoms with Gasteiger partial charge < -0.3 is 14.5 Å². The number of rotatable bonds is 5. The summed E-state index contributed by atoms with van der Waals surface area (Å²) >= 11 is 0. The van der Waals surface area contributed by atoms with E-state index in [1.54, 1.807) is 17.0 Å². The second-order valence-electron chi connectivity index (χ2n) is 8.51. The van der Waals surface area contributed by atoms with Crippen molar-refractivity contribution in [3.05, 3.63) is 82.3 Å². The van der Waals surface area contributed by atoms with Crippen LogP contribution < -0.4 is 15.3 Å². The fourth-order valence-electron chi connectivity index (χ4n) is 4.13. The molecule has 1 aliphatic rings. The molecule has 4 aromatic rings. The van der Waals surface area contributed by atoms with Gasteiger partial charge in [-0.1, -0.05) is 12.1 Å². The number of anilines is 1. The summed E-state index contributed by atoms with van der Waals surface area (Å²) in [6, 6.07) is 12.0. The Labute approximate surface area is 201 Å². The normalized spacial score (nSPS) is 13.9. The summed E-state index contributed by atoms with van der Waals surface area (Å²) in [5.74, 6) is 0.345. The Morgan fingerprint density at radius 2 is 1.80 bits per heavy atom. The standard InChI is InChI=1S/C25H25FN6O3/c1-17-4-3-5-21(18(17)2)35-24-23-28-32(25(34)31(23)11-10-27-24)16-22(33)30-14-12-29(13-15-30)20-8-6-19(26)7-9-20/h3-11H,12-16H2,1-2H3. The van der Waals surface area contributed by atoms with E-state index in [1.807, 2.05) is 32.0 Å². The van der Waals surface area contributed by atoms with E-state index in [4.69, 9.17) is 4.74 Å². The van der Waals surface area contributed by atoms with Crippen molar-refractivity contribution in [3.8, 4) is 11.6 Å². The molecule has 0 unspecified atom stereocenters. The fraction of sp³-hybridized carbons (Fsp3) is 0.280. The molecule has 1 fully saturated rings. The van der Waals surface area contributed by atoms with Crippen molar-refractivity contribution < 1.29 is 13.9 Å². The molecule has 0 saturated carbocycles. The average Bonchev–Trinajstić information content (AvgIpc) is 3.18.